The van der Waals surface area contributed by atoms with E-state index in [0.717, 1.165) is 55.3 Å². The molecule has 0 unspecified atom stereocenters. The molecule has 2 aliphatic heterocycles. The Bertz CT molecular complexity index is 809. The topological polar surface area (TPSA) is 84.7 Å². The van der Waals surface area contributed by atoms with Crippen molar-refractivity contribution in [2.45, 2.75) is 51.6 Å². The molecule has 8 nitrogen and oxygen atoms in total. The van der Waals surface area contributed by atoms with Crippen molar-refractivity contribution in [3.05, 3.63) is 17.7 Å². The lowest BCUT2D eigenvalue weighted by Crippen LogP contribution is -2.42. The average molecular weight is 344 g/mol. The molecule has 2 aliphatic rings. The molecule has 0 bridgehead atoms. The van der Waals surface area contributed by atoms with Gasteiger partial charge in [0, 0.05) is 32.0 Å². The van der Waals surface area contributed by atoms with E-state index >= 15 is 0 Å². The highest BCUT2D eigenvalue weighted by Crippen LogP contribution is 2.30. The van der Waals surface area contributed by atoms with E-state index in [-0.39, 0.29) is 12.0 Å². The summed E-state index contributed by atoms with van der Waals surface area (Å²) in [6, 6.07) is 0. The SMILES string of the molecule is CC(C)(C)OC(=O)N1CCC[C@@H](c2nnc3cnc4c(n23)CCN4)C1. The molecule has 4 heterocycles. The molecule has 1 saturated heterocycles. The summed E-state index contributed by atoms with van der Waals surface area (Å²) in [5.74, 6) is 1.99. The van der Waals surface area contributed by atoms with Crippen LogP contribution >= 0.6 is 0 Å². The number of hydrogen-bond acceptors (Lipinski definition) is 6. The third kappa shape index (κ3) is 3.01. The number of ether oxygens (including phenoxy) is 1. The van der Waals surface area contributed by atoms with Gasteiger partial charge in [-0.15, -0.1) is 10.2 Å². The Balaban J connectivity index is 1.61. The van der Waals surface area contributed by atoms with Gasteiger partial charge in [-0.2, -0.15) is 0 Å². The fraction of sp³-hybridized carbons (Fsp3) is 0.647. The number of aromatic nitrogens is 4. The molecule has 0 aliphatic carbocycles. The van der Waals surface area contributed by atoms with E-state index in [0.29, 0.717) is 6.54 Å². The van der Waals surface area contributed by atoms with Crippen LogP contribution in [0.3, 0.4) is 0 Å². The molecular formula is C17H24N6O2. The number of carbonyl (C=O) groups is 1. The Kier molecular flexibility index (Phi) is 3.77. The first-order valence-electron chi connectivity index (χ1n) is 8.87. The van der Waals surface area contributed by atoms with Crippen molar-refractivity contribution in [2.24, 2.45) is 0 Å². The second-order valence-corrected chi connectivity index (χ2v) is 7.75. The van der Waals surface area contributed by atoms with E-state index in [1.54, 1.807) is 11.1 Å². The number of nitrogens with zero attached hydrogens (tertiary/aromatic N) is 5. The van der Waals surface area contributed by atoms with E-state index < -0.39 is 5.60 Å². The van der Waals surface area contributed by atoms with Crippen LogP contribution in [0.15, 0.2) is 6.20 Å². The molecule has 1 atom stereocenters. The molecular weight excluding hydrogens is 320 g/mol. The quantitative estimate of drug-likeness (QED) is 0.854. The summed E-state index contributed by atoms with van der Waals surface area (Å²) in [5.41, 5.74) is 1.42. The van der Waals surface area contributed by atoms with Crippen molar-refractivity contribution in [2.75, 3.05) is 25.0 Å². The molecule has 0 radical (unpaired) electrons. The van der Waals surface area contributed by atoms with Crippen LogP contribution in [-0.4, -0.2) is 55.8 Å². The number of likely N-dealkylation sites (tertiary alicyclic amines) is 1. The van der Waals surface area contributed by atoms with Crippen LogP contribution in [0.5, 0.6) is 0 Å². The fourth-order valence-electron chi connectivity index (χ4n) is 3.59. The number of piperidine rings is 1. The van der Waals surface area contributed by atoms with E-state index in [1.807, 2.05) is 20.8 Å². The zero-order chi connectivity index (χ0) is 17.6. The number of nitrogens with one attached hydrogen (secondary N) is 1. The minimum absolute atomic E-state index is 0.156. The largest absolute Gasteiger partial charge is 0.444 e. The number of hydrogen-bond donors (Lipinski definition) is 1. The molecule has 134 valence electrons. The predicted octanol–water partition coefficient (Wildman–Crippen LogP) is 2.21. The van der Waals surface area contributed by atoms with Crippen molar-refractivity contribution < 1.29 is 9.53 Å². The molecule has 2 aromatic rings. The molecule has 0 saturated carbocycles. The molecule has 2 aromatic heterocycles. The first kappa shape index (κ1) is 16.1. The predicted molar refractivity (Wildman–Crippen MR) is 92.8 cm³/mol. The van der Waals surface area contributed by atoms with Gasteiger partial charge in [-0.3, -0.25) is 4.40 Å². The average Bonchev–Trinajstić information content (AvgIpc) is 3.19. The van der Waals surface area contributed by atoms with Gasteiger partial charge in [0.05, 0.1) is 11.9 Å². The van der Waals surface area contributed by atoms with Gasteiger partial charge in [0.25, 0.3) is 0 Å². The molecule has 0 aromatic carbocycles. The Hall–Kier alpha value is -2.38. The van der Waals surface area contributed by atoms with Crippen LogP contribution in [0.2, 0.25) is 0 Å². The van der Waals surface area contributed by atoms with Crippen LogP contribution in [0, 0.1) is 0 Å². The standard InChI is InChI=1S/C17H24N6O2/c1-17(2,3)25-16(24)22-8-4-5-11(10-22)15-21-20-13-9-19-14-12(23(13)15)6-7-18-14/h9,11,18H,4-8,10H2,1-3H3/t11-/m1/s1. The number of carbonyl (C=O) groups excluding carboxylic acids is 1. The molecule has 8 heteroatoms. The minimum Gasteiger partial charge on any atom is -0.444 e. The first-order chi connectivity index (χ1) is 11.9. The van der Waals surface area contributed by atoms with Gasteiger partial charge in [0.1, 0.15) is 17.2 Å². The van der Waals surface area contributed by atoms with Gasteiger partial charge in [0.15, 0.2) is 5.65 Å². The maximum absolute atomic E-state index is 12.4. The fourth-order valence-corrected chi connectivity index (χ4v) is 3.59. The van der Waals surface area contributed by atoms with Crippen molar-refractivity contribution in [3.63, 3.8) is 0 Å². The molecule has 1 amide bonds. The molecule has 1 N–H and O–H groups in total. The van der Waals surface area contributed by atoms with Crippen molar-refractivity contribution in [1.82, 2.24) is 24.5 Å². The van der Waals surface area contributed by atoms with Gasteiger partial charge in [-0.1, -0.05) is 0 Å². The van der Waals surface area contributed by atoms with E-state index in [2.05, 4.69) is 24.9 Å². The van der Waals surface area contributed by atoms with E-state index in [1.165, 1.54) is 0 Å². The smallest absolute Gasteiger partial charge is 0.410 e. The number of fused-ring (bicyclic) bond motifs is 3. The van der Waals surface area contributed by atoms with E-state index in [9.17, 15) is 4.79 Å². The summed E-state index contributed by atoms with van der Waals surface area (Å²) >= 11 is 0. The van der Waals surface area contributed by atoms with E-state index in [4.69, 9.17) is 4.74 Å². The lowest BCUT2D eigenvalue weighted by atomic mass is 9.97. The highest BCUT2D eigenvalue weighted by molar-refractivity contribution is 5.68. The highest BCUT2D eigenvalue weighted by Gasteiger charge is 2.31. The summed E-state index contributed by atoms with van der Waals surface area (Å²) in [6.45, 7) is 7.89. The Labute approximate surface area is 146 Å². The highest BCUT2D eigenvalue weighted by atomic mass is 16.6. The molecule has 1 fully saturated rings. The molecule has 4 rings (SSSR count). The summed E-state index contributed by atoms with van der Waals surface area (Å²) in [6.07, 6.45) is 4.34. The number of amides is 1. The van der Waals surface area contributed by atoms with Gasteiger partial charge in [-0.05, 0) is 33.6 Å². The monoisotopic (exact) mass is 344 g/mol. The van der Waals surface area contributed by atoms with Gasteiger partial charge in [-0.25, -0.2) is 9.78 Å². The van der Waals surface area contributed by atoms with Crippen molar-refractivity contribution in [3.8, 4) is 0 Å². The zero-order valence-corrected chi connectivity index (χ0v) is 14.9. The third-order valence-corrected chi connectivity index (χ3v) is 4.66. The second kappa shape index (κ2) is 5.86. The van der Waals surface area contributed by atoms with Crippen LogP contribution in [0.4, 0.5) is 10.6 Å². The maximum Gasteiger partial charge on any atom is 0.410 e. The number of rotatable bonds is 1. The Morgan fingerprint density at radius 3 is 3.00 bits per heavy atom. The molecule has 0 spiro atoms. The minimum atomic E-state index is -0.482. The lowest BCUT2D eigenvalue weighted by Gasteiger charge is -2.33. The van der Waals surface area contributed by atoms with Crippen LogP contribution in [0.25, 0.3) is 5.65 Å². The van der Waals surface area contributed by atoms with Crippen LogP contribution in [-0.2, 0) is 11.2 Å². The summed E-state index contributed by atoms with van der Waals surface area (Å²) in [5, 5.41) is 12.0. The van der Waals surface area contributed by atoms with Gasteiger partial charge < -0.3 is 15.0 Å². The summed E-state index contributed by atoms with van der Waals surface area (Å²) in [4.78, 5) is 18.6. The maximum atomic E-state index is 12.4. The van der Waals surface area contributed by atoms with Crippen molar-refractivity contribution >= 4 is 17.6 Å². The molecule has 25 heavy (non-hydrogen) atoms. The lowest BCUT2D eigenvalue weighted by molar-refractivity contribution is 0.0195. The van der Waals surface area contributed by atoms with Gasteiger partial charge >= 0.3 is 6.09 Å². The Morgan fingerprint density at radius 2 is 2.20 bits per heavy atom. The third-order valence-electron chi connectivity index (χ3n) is 4.66. The van der Waals surface area contributed by atoms with Crippen LogP contribution in [0.1, 0.15) is 51.0 Å². The normalized spacial score (nSPS) is 20.4. The second-order valence-electron chi connectivity index (χ2n) is 7.75. The summed E-state index contributed by atoms with van der Waals surface area (Å²) < 4.78 is 7.65. The number of anilines is 1. The van der Waals surface area contributed by atoms with Crippen LogP contribution < -0.4 is 5.32 Å². The first-order valence-corrected chi connectivity index (χ1v) is 8.87. The zero-order valence-electron chi connectivity index (χ0n) is 14.9. The Morgan fingerprint density at radius 1 is 1.36 bits per heavy atom. The summed E-state index contributed by atoms with van der Waals surface area (Å²) in [7, 11) is 0. The van der Waals surface area contributed by atoms with Gasteiger partial charge in [0.2, 0.25) is 0 Å². The van der Waals surface area contributed by atoms with Crippen molar-refractivity contribution in [1.29, 1.82) is 0 Å².